The molecule has 0 aliphatic carbocycles. The molecular weight excluding hydrogens is 386 g/mol. The Hall–Kier alpha value is -3.99. The average molecular weight is 409 g/mol. The summed E-state index contributed by atoms with van der Waals surface area (Å²) in [6.45, 7) is 3.79. The molecule has 0 fully saturated rings. The maximum absolute atomic E-state index is 13.3. The normalized spacial score (nSPS) is 10.7. The molecule has 4 rings (SSSR count). The molecule has 4 aromatic rings. The molecule has 5 heteroatoms. The van der Waals surface area contributed by atoms with E-state index in [9.17, 15) is 4.79 Å². The predicted octanol–water partition coefficient (Wildman–Crippen LogP) is 5.66. The molecule has 0 aliphatic heterocycles. The Morgan fingerprint density at radius 2 is 1.35 bits per heavy atom. The summed E-state index contributed by atoms with van der Waals surface area (Å²) in [5.74, 6) is 0.0192. The monoisotopic (exact) mass is 409 g/mol. The first-order chi connectivity index (χ1) is 15.1. The van der Waals surface area contributed by atoms with Gasteiger partial charge in [0, 0.05) is 23.1 Å². The number of amides is 1. The third-order valence-corrected chi connectivity index (χ3v) is 4.80. The van der Waals surface area contributed by atoms with Crippen LogP contribution in [0.15, 0.2) is 91.0 Å². The van der Waals surface area contributed by atoms with Gasteiger partial charge in [0.2, 0.25) is 5.91 Å². The fraction of sp³-hybridized carbons (Fsp3) is 0.115. The van der Waals surface area contributed by atoms with Crippen LogP contribution in [0.25, 0.3) is 0 Å². The van der Waals surface area contributed by atoms with Crippen LogP contribution in [0.3, 0.4) is 0 Å². The Kier molecular flexibility index (Phi) is 6.03. The molecule has 1 aromatic heterocycles. The second kappa shape index (κ2) is 9.22. The van der Waals surface area contributed by atoms with E-state index < -0.39 is 5.92 Å². The minimum Gasteiger partial charge on any atom is -0.424 e. The lowest BCUT2D eigenvalue weighted by atomic mass is 9.90. The summed E-state index contributed by atoms with van der Waals surface area (Å²) in [5.41, 5.74) is 4.18. The van der Waals surface area contributed by atoms with Crippen LogP contribution in [0.4, 0.5) is 5.69 Å². The van der Waals surface area contributed by atoms with E-state index in [4.69, 9.17) is 4.74 Å². The highest BCUT2D eigenvalue weighted by atomic mass is 16.5. The van der Waals surface area contributed by atoms with Crippen molar-refractivity contribution >= 4 is 11.6 Å². The van der Waals surface area contributed by atoms with Crippen molar-refractivity contribution in [2.24, 2.45) is 0 Å². The number of ether oxygens (including phenoxy) is 1. The van der Waals surface area contributed by atoms with E-state index in [1.54, 1.807) is 6.07 Å². The van der Waals surface area contributed by atoms with Gasteiger partial charge in [-0.15, -0.1) is 0 Å². The van der Waals surface area contributed by atoms with Crippen LogP contribution in [0.2, 0.25) is 0 Å². The number of carbonyl (C=O) groups is 1. The highest BCUT2D eigenvalue weighted by molar-refractivity contribution is 5.98. The number of carbonyl (C=O) groups excluding carboxylic acids is 1. The Morgan fingerprint density at radius 3 is 1.94 bits per heavy atom. The third kappa shape index (κ3) is 5.14. The number of anilines is 1. The molecule has 0 unspecified atom stereocenters. The van der Waals surface area contributed by atoms with Gasteiger partial charge in [-0.05, 0) is 43.2 Å². The summed E-state index contributed by atoms with van der Waals surface area (Å²) in [4.78, 5) is 21.9. The molecule has 3 aromatic carbocycles. The standard InChI is InChI=1S/C26H23N3O2/c1-18-16-19(2)28-26(27-18)31-23-15-9-14-22(17-23)29-25(30)24(20-10-5-3-6-11-20)21-12-7-4-8-13-21/h3-17,24H,1-2H3,(H,29,30). The molecule has 31 heavy (non-hydrogen) atoms. The zero-order chi connectivity index (χ0) is 21.6. The van der Waals surface area contributed by atoms with Gasteiger partial charge in [0.05, 0.1) is 5.92 Å². The van der Waals surface area contributed by atoms with E-state index in [2.05, 4.69) is 15.3 Å². The van der Waals surface area contributed by atoms with Crippen LogP contribution in [0.1, 0.15) is 28.4 Å². The van der Waals surface area contributed by atoms with Crippen LogP contribution in [0.5, 0.6) is 11.8 Å². The fourth-order valence-corrected chi connectivity index (χ4v) is 3.48. The number of aryl methyl sites for hydroxylation is 2. The minimum absolute atomic E-state index is 0.114. The van der Waals surface area contributed by atoms with Gasteiger partial charge in [-0.25, -0.2) is 9.97 Å². The molecule has 1 heterocycles. The Labute approximate surface area is 181 Å². The van der Waals surface area contributed by atoms with Crippen molar-refractivity contribution in [1.29, 1.82) is 0 Å². The molecule has 0 aliphatic rings. The first-order valence-electron chi connectivity index (χ1n) is 10.1. The van der Waals surface area contributed by atoms with E-state index in [-0.39, 0.29) is 11.9 Å². The van der Waals surface area contributed by atoms with Crippen molar-refractivity contribution in [1.82, 2.24) is 9.97 Å². The van der Waals surface area contributed by atoms with Gasteiger partial charge in [0.1, 0.15) is 5.75 Å². The summed E-state index contributed by atoms with van der Waals surface area (Å²) < 4.78 is 5.82. The van der Waals surface area contributed by atoms with Crippen molar-refractivity contribution in [3.8, 4) is 11.8 Å². The van der Waals surface area contributed by atoms with Crippen LogP contribution in [-0.2, 0) is 4.79 Å². The average Bonchev–Trinajstić information content (AvgIpc) is 2.75. The molecule has 0 saturated heterocycles. The summed E-state index contributed by atoms with van der Waals surface area (Å²) in [7, 11) is 0. The van der Waals surface area contributed by atoms with Crippen LogP contribution >= 0.6 is 0 Å². The number of benzene rings is 3. The van der Waals surface area contributed by atoms with Gasteiger partial charge in [-0.1, -0.05) is 66.7 Å². The maximum atomic E-state index is 13.3. The highest BCUT2D eigenvalue weighted by Crippen LogP contribution is 2.28. The van der Waals surface area contributed by atoms with Gasteiger partial charge in [0.15, 0.2) is 0 Å². The molecule has 0 radical (unpaired) electrons. The number of rotatable bonds is 6. The summed E-state index contributed by atoms with van der Waals surface area (Å²) in [6.07, 6.45) is 0. The molecule has 0 spiro atoms. The molecular formula is C26H23N3O2. The van der Waals surface area contributed by atoms with E-state index >= 15 is 0 Å². The van der Waals surface area contributed by atoms with E-state index in [1.165, 1.54) is 0 Å². The van der Waals surface area contributed by atoms with Crippen molar-refractivity contribution in [3.05, 3.63) is 114 Å². The quantitative estimate of drug-likeness (QED) is 0.446. The predicted molar refractivity (Wildman–Crippen MR) is 121 cm³/mol. The lowest BCUT2D eigenvalue weighted by Crippen LogP contribution is -2.22. The minimum atomic E-state index is -0.422. The van der Waals surface area contributed by atoms with Gasteiger partial charge >= 0.3 is 6.01 Å². The smallest absolute Gasteiger partial charge is 0.322 e. The molecule has 1 amide bonds. The van der Waals surface area contributed by atoms with Crippen molar-refractivity contribution in [2.45, 2.75) is 19.8 Å². The van der Waals surface area contributed by atoms with Crippen LogP contribution in [0, 0.1) is 13.8 Å². The summed E-state index contributed by atoms with van der Waals surface area (Å²) in [6, 6.07) is 28.9. The van der Waals surface area contributed by atoms with Crippen molar-refractivity contribution in [3.63, 3.8) is 0 Å². The van der Waals surface area contributed by atoms with E-state index in [1.807, 2.05) is 98.8 Å². The van der Waals surface area contributed by atoms with Gasteiger partial charge < -0.3 is 10.1 Å². The number of aromatic nitrogens is 2. The Balaban J connectivity index is 1.57. The first kappa shape index (κ1) is 20.3. The van der Waals surface area contributed by atoms with Crippen molar-refractivity contribution in [2.75, 3.05) is 5.32 Å². The van der Waals surface area contributed by atoms with Crippen LogP contribution in [-0.4, -0.2) is 15.9 Å². The second-order valence-electron chi connectivity index (χ2n) is 7.31. The van der Waals surface area contributed by atoms with Crippen molar-refractivity contribution < 1.29 is 9.53 Å². The maximum Gasteiger partial charge on any atom is 0.322 e. The third-order valence-electron chi connectivity index (χ3n) is 4.80. The number of hydrogen-bond acceptors (Lipinski definition) is 4. The largest absolute Gasteiger partial charge is 0.424 e. The topological polar surface area (TPSA) is 64.1 Å². The number of hydrogen-bond donors (Lipinski definition) is 1. The molecule has 0 saturated carbocycles. The fourth-order valence-electron chi connectivity index (χ4n) is 3.48. The lowest BCUT2D eigenvalue weighted by molar-refractivity contribution is -0.116. The molecule has 154 valence electrons. The van der Waals surface area contributed by atoms with Gasteiger partial charge in [-0.3, -0.25) is 4.79 Å². The number of nitrogens with zero attached hydrogens (tertiary/aromatic N) is 2. The number of nitrogens with one attached hydrogen (secondary N) is 1. The highest BCUT2D eigenvalue weighted by Gasteiger charge is 2.22. The summed E-state index contributed by atoms with van der Waals surface area (Å²) in [5, 5.41) is 3.03. The Morgan fingerprint density at radius 1 is 0.774 bits per heavy atom. The lowest BCUT2D eigenvalue weighted by Gasteiger charge is -2.18. The second-order valence-corrected chi connectivity index (χ2v) is 7.31. The van der Waals surface area contributed by atoms with E-state index in [0.29, 0.717) is 11.4 Å². The zero-order valence-electron chi connectivity index (χ0n) is 17.4. The summed E-state index contributed by atoms with van der Waals surface area (Å²) >= 11 is 0. The van der Waals surface area contributed by atoms with Gasteiger partial charge in [-0.2, -0.15) is 0 Å². The SMILES string of the molecule is Cc1cc(C)nc(Oc2cccc(NC(=O)C(c3ccccc3)c3ccccc3)c2)n1. The molecule has 1 N–H and O–H groups in total. The van der Waals surface area contributed by atoms with E-state index in [0.717, 1.165) is 22.5 Å². The molecule has 0 atom stereocenters. The van der Waals surface area contributed by atoms with Gasteiger partial charge in [0.25, 0.3) is 0 Å². The zero-order valence-corrected chi connectivity index (χ0v) is 17.4. The van der Waals surface area contributed by atoms with Crippen LogP contribution < -0.4 is 10.1 Å². The first-order valence-corrected chi connectivity index (χ1v) is 10.1. The Bertz CT molecular complexity index is 1120. The molecule has 0 bridgehead atoms. The molecule has 5 nitrogen and oxygen atoms in total.